The third kappa shape index (κ3) is 4.63. The Morgan fingerprint density at radius 3 is 2.58 bits per heavy atom. The van der Waals surface area contributed by atoms with E-state index in [1.54, 1.807) is 0 Å². The van der Waals surface area contributed by atoms with Gasteiger partial charge in [0.2, 0.25) is 0 Å². The molecule has 0 aliphatic heterocycles. The van der Waals surface area contributed by atoms with Gasteiger partial charge in [0.25, 0.3) is 0 Å². The first-order valence-electron chi connectivity index (χ1n) is 4.90. The molecule has 19 heavy (non-hydrogen) atoms. The minimum atomic E-state index is -0.655. The van der Waals surface area contributed by atoms with Crippen molar-refractivity contribution in [1.29, 1.82) is 0 Å². The summed E-state index contributed by atoms with van der Waals surface area (Å²) in [6, 6.07) is 2.50. The first kappa shape index (κ1) is 17.6. The van der Waals surface area contributed by atoms with E-state index in [9.17, 15) is 15.0 Å². The van der Waals surface area contributed by atoms with E-state index in [4.69, 9.17) is 10.2 Å². The summed E-state index contributed by atoms with van der Waals surface area (Å²) in [4.78, 5) is 11.2. The van der Waals surface area contributed by atoms with Crippen LogP contribution in [0.2, 0.25) is 4.71 Å². The van der Waals surface area contributed by atoms with Crippen molar-refractivity contribution in [3.63, 3.8) is 0 Å². The molecule has 5 N–H and O–H groups in total. The normalized spacial score (nSPS) is 11.9. The van der Waals surface area contributed by atoms with E-state index in [1.807, 2.05) is 0 Å². The molecular formula is C10H14AsClN2O5. The van der Waals surface area contributed by atoms with Gasteiger partial charge in [0.15, 0.2) is 0 Å². The van der Waals surface area contributed by atoms with E-state index in [0.717, 1.165) is 23.1 Å². The van der Waals surface area contributed by atoms with Crippen molar-refractivity contribution in [2.75, 3.05) is 6.61 Å². The van der Waals surface area contributed by atoms with Crippen LogP contribution in [0.1, 0.15) is 5.56 Å². The van der Waals surface area contributed by atoms with Gasteiger partial charge in [-0.2, -0.15) is 0 Å². The Kier molecular flexibility index (Phi) is 7.29. The molecule has 0 heterocycles. The van der Waals surface area contributed by atoms with E-state index < -0.39 is 27.9 Å². The van der Waals surface area contributed by atoms with Gasteiger partial charge in [-0.1, -0.05) is 0 Å². The van der Waals surface area contributed by atoms with Crippen LogP contribution in [-0.4, -0.2) is 56.0 Å². The zero-order valence-corrected chi connectivity index (χ0v) is 12.9. The van der Waals surface area contributed by atoms with Crippen molar-refractivity contribution in [3.8, 4) is 17.2 Å². The summed E-state index contributed by atoms with van der Waals surface area (Å²) in [7, 11) is 0. The molecule has 1 rings (SSSR count). The number of halogens is 1. The molecule has 0 bridgehead atoms. The van der Waals surface area contributed by atoms with Crippen molar-refractivity contribution < 1.29 is 25.2 Å². The monoisotopic (exact) mass is 352 g/mol. The van der Waals surface area contributed by atoms with Gasteiger partial charge in [0, 0.05) is 0 Å². The predicted octanol–water partition coefficient (Wildman–Crippen LogP) is -0.911. The van der Waals surface area contributed by atoms with Gasteiger partial charge in [-0.3, -0.25) is 0 Å². The molecule has 0 spiro atoms. The summed E-state index contributed by atoms with van der Waals surface area (Å²) >= 11 is 1.06. The summed E-state index contributed by atoms with van der Waals surface area (Å²) in [5.74, 6) is -2.09. The fourth-order valence-electron chi connectivity index (χ4n) is 1.02. The number of aliphatic hydroxyl groups is 1. The van der Waals surface area contributed by atoms with Crippen molar-refractivity contribution in [2.24, 2.45) is 5.10 Å². The quantitative estimate of drug-likeness (QED) is 0.208. The number of hydrazone groups is 1. The van der Waals surface area contributed by atoms with Crippen molar-refractivity contribution in [1.82, 2.24) is 5.43 Å². The fraction of sp³-hybridized carbons (Fsp3) is 0.200. The number of phenolic OH excluding ortho intramolecular Hbond substituents is 3. The number of carbonyl (C=O) groups excluding carboxylic acids is 1. The van der Waals surface area contributed by atoms with Crippen LogP contribution in [-0.2, 0) is 4.79 Å². The number of nitrogens with one attached hydrogen (secondary N) is 1. The second kappa shape index (κ2) is 7.88. The zero-order chi connectivity index (χ0) is 13.7. The van der Waals surface area contributed by atoms with Crippen LogP contribution in [0.15, 0.2) is 17.2 Å². The summed E-state index contributed by atoms with van der Waals surface area (Å²) < 4.78 is -0.531. The molecule has 7 nitrogen and oxygen atoms in total. The van der Waals surface area contributed by atoms with Crippen LogP contribution in [0.4, 0.5) is 0 Å². The van der Waals surface area contributed by atoms with E-state index in [2.05, 4.69) is 10.5 Å². The molecule has 1 amide bonds. The number of aliphatic hydroxyl groups excluding tert-OH is 1. The molecule has 1 aromatic rings. The standard InChI is InChI=1S/C10H13AsN2O5.ClH/c11-6(4-14)10(18)13-12-3-5-1-2-7(15)9(17)8(5)16;/h1-3,6,14-17H,4,11H2,(H,13,18);1H/b12-3+;. The Labute approximate surface area is 123 Å². The predicted molar refractivity (Wildman–Crippen MR) is 73.8 cm³/mol. The van der Waals surface area contributed by atoms with Gasteiger partial charge in [-0.05, 0) is 0 Å². The number of carbonyl (C=O) groups is 1. The average molecular weight is 353 g/mol. The summed E-state index contributed by atoms with van der Waals surface area (Å²) in [6.45, 7) is -0.271. The Bertz CT molecular complexity index is 483. The Balaban J connectivity index is 0.00000324. The zero-order valence-electron chi connectivity index (χ0n) is 9.65. The molecule has 0 radical (unpaired) electrons. The number of aromatic hydroxyl groups is 3. The molecular weight excluding hydrogens is 338 g/mol. The van der Waals surface area contributed by atoms with E-state index in [-0.39, 0.29) is 24.6 Å². The maximum atomic E-state index is 11.2. The Morgan fingerprint density at radius 2 is 2.00 bits per heavy atom. The van der Waals surface area contributed by atoms with Gasteiger partial charge in [-0.15, -0.1) is 12.4 Å². The van der Waals surface area contributed by atoms with Gasteiger partial charge < -0.3 is 0 Å². The van der Waals surface area contributed by atoms with Crippen molar-refractivity contribution in [2.45, 2.75) is 4.71 Å². The number of hydrogen-bond acceptors (Lipinski definition) is 6. The Hall–Kier alpha value is -1.43. The second-order valence-electron chi connectivity index (χ2n) is 3.39. The van der Waals surface area contributed by atoms with Gasteiger partial charge in [-0.25, -0.2) is 0 Å². The van der Waals surface area contributed by atoms with Crippen LogP contribution in [0.3, 0.4) is 0 Å². The molecule has 1 aromatic carbocycles. The number of hydrogen-bond donors (Lipinski definition) is 5. The SMILES string of the molecule is Cl.O=C(N/N=C/c1ccc(O)c(O)c1O)C([AsH2])CO. The fourth-order valence-corrected chi connectivity index (χ4v) is 1.18. The van der Waals surface area contributed by atoms with Gasteiger partial charge in [0.05, 0.1) is 0 Å². The summed E-state index contributed by atoms with van der Waals surface area (Å²) in [5, 5.41) is 40.1. The molecule has 0 aliphatic rings. The summed E-state index contributed by atoms with van der Waals surface area (Å²) in [5.41, 5.74) is 2.31. The molecule has 0 fully saturated rings. The first-order valence-corrected chi connectivity index (χ1v) is 6.30. The van der Waals surface area contributed by atoms with Crippen molar-refractivity contribution >= 4 is 41.4 Å². The third-order valence-electron chi connectivity index (χ3n) is 2.07. The maximum absolute atomic E-state index is 11.2. The number of amides is 1. The van der Waals surface area contributed by atoms with Crippen LogP contribution >= 0.6 is 12.4 Å². The third-order valence-corrected chi connectivity index (χ3v) is 3.15. The second-order valence-corrected chi connectivity index (χ2v) is 5.08. The molecule has 0 saturated heterocycles. The number of benzene rings is 1. The molecule has 0 aliphatic carbocycles. The van der Waals surface area contributed by atoms with Crippen LogP contribution in [0, 0.1) is 0 Å². The number of phenols is 3. The number of rotatable bonds is 4. The topological polar surface area (TPSA) is 122 Å². The molecule has 2 unspecified atom stereocenters. The van der Waals surface area contributed by atoms with Crippen LogP contribution in [0.25, 0.3) is 0 Å². The number of nitrogens with zero attached hydrogens (tertiary/aromatic N) is 1. The van der Waals surface area contributed by atoms with E-state index in [0.29, 0.717) is 0 Å². The van der Waals surface area contributed by atoms with Gasteiger partial charge in [0.1, 0.15) is 0 Å². The Morgan fingerprint density at radius 1 is 1.37 bits per heavy atom. The molecule has 9 heteroatoms. The van der Waals surface area contributed by atoms with Gasteiger partial charge >= 0.3 is 111 Å². The average Bonchev–Trinajstić information content (AvgIpc) is 2.37. The molecule has 0 aromatic heterocycles. The van der Waals surface area contributed by atoms with Crippen molar-refractivity contribution in [3.05, 3.63) is 17.7 Å². The molecule has 106 valence electrons. The molecule has 0 saturated carbocycles. The van der Waals surface area contributed by atoms with Crippen LogP contribution in [0.5, 0.6) is 17.2 Å². The summed E-state index contributed by atoms with van der Waals surface area (Å²) in [6.07, 6.45) is 1.11. The van der Waals surface area contributed by atoms with E-state index in [1.165, 1.54) is 12.1 Å². The van der Waals surface area contributed by atoms with E-state index >= 15 is 0 Å². The minimum absolute atomic E-state index is 0. The van der Waals surface area contributed by atoms with Crippen LogP contribution < -0.4 is 5.43 Å². The first-order chi connectivity index (χ1) is 8.47. The molecule has 2 atom stereocenters.